The van der Waals surface area contributed by atoms with E-state index in [-0.39, 0.29) is 12.1 Å². The van der Waals surface area contributed by atoms with Gasteiger partial charge < -0.3 is 10.1 Å². The van der Waals surface area contributed by atoms with Crippen molar-refractivity contribution in [1.29, 1.82) is 0 Å². The van der Waals surface area contributed by atoms with E-state index >= 15 is 0 Å². The smallest absolute Gasteiger partial charge is 0.262 e. The largest absolute Gasteiger partial charge is 0.495 e. The highest BCUT2D eigenvalue weighted by Crippen LogP contribution is 2.40. The molecule has 0 aliphatic carbocycles. The summed E-state index contributed by atoms with van der Waals surface area (Å²) in [6.07, 6.45) is 3.11. The fourth-order valence-electron chi connectivity index (χ4n) is 3.10. The third-order valence-corrected chi connectivity index (χ3v) is 4.27. The Morgan fingerprint density at radius 1 is 1.04 bits per heavy atom. The molecule has 1 aliphatic rings. The molecule has 0 fully saturated rings. The van der Waals surface area contributed by atoms with Crippen LogP contribution in [0.15, 0.2) is 73.1 Å². The molecule has 0 radical (unpaired) electrons. The van der Waals surface area contributed by atoms with Gasteiger partial charge in [-0.25, -0.2) is 0 Å². The number of hydrogen-bond acceptors (Lipinski definition) is 4. The Hall–Kier alpha value is -3.34. The van der Waals surface area contributed by atoms with Crippen molar-refractivity contribution >= 4 is 17.3 Å². The molecule has 1 aromatic heterocycles. The summed E-state index contributed by atoms with van der Waals surface area (Å²) in [6.45, 7) is 0. The Morgan fingerprint density at radius 3 is 2.64 bits per heavy atom. The monoisotopic (exact) mass is 331 g/mol. The maximum atomic E-state index is 13.3. The maximum absolute atomic E-state index is 13.3. The molecule has 1 amide bonds. The van der Waals surface area contributed by atoms with Crippen LogP contribution in [0.1, 0.15) is 22.1 Å². The van der Waals surface area contributed by atoms with Crippen molar-refractivity contribution in [2.45, 2.75) is 6.17 Å². The number of para-hydroxylation sites is 3. The van der Waals surface area contributed by atoms with Crippen molar-refractivity contribution in [3.63, 3.8) is 0 Å². The minimum Gasteiger partial charge on any atom is -0.495 e. The first kappa shape index (κ1) is 15.2. The molecular weight excluding hydrogens is 314 g/mol. The molecule has 1 aliphatic heterocycles. The Balaban J connectivity index is 1.90. The van der Waals surface area contributed by atoms with Crippen molar-refractivity contribution in [2.75, 3.05) is 17.3 Å². The van der Waals surface area contributed by atoms with Gasteiger partial charge in [0.1, 0.15) is 11.9 Å². The van der Waals surface area contributed by atoms with Gasteiger partial charge >= 0.3 is 0 Å². The van der Waals surface area contributed by atoms with E-state index in [2.05, 4.69) is 10.3 Å². The Kier molecular flexibility index (Phi) is 3.82. The van der Waals surface area contributed by atoms with Crippen molar-refractivity contribution in [2.24, 2.45) is 0 Å². The summed E-state index contributed by atoms with van der Waals surface area (Å²) < 4.78 is 5.48. The lowest BCUT2D eigenvalue weighted by atomic mass is 10.0. The van der Waals surface area contributed by atoms with E-state index in [1.165, 1.54) is 0 Å². The molecule has 2 heterocycles. The Labute approximate surface area is 145 Å². The second kappa shape index (κ2) is 6.28. The predicted molar refractivity (Wildman–Crippen MR) is 96.8 cm³/mol. The van der Waals surface area contributed by atoms with E-state index in [0.717, 1.165) is 11.3 Å². The van der Waals surface area contributed by atoms with E-state index in [4.69, 9.17) is 4.74 Å². The van der Waals surface area contributed by atoms with Gasteiger partial charge in [0, 0.05) is 23.6 Å². The second-order valence-electron chi connectivity index (χ2n) is 5.73. The summed E-state index contributed by atoms with van der Waals surface area (Å²) in [5.74, 6) is 0.568. The Bertz CT molecular complexity index is 912. The van der Waals surface area contributed by atoms with Crippen molar-refractivity contribution in [1.82, 2.24) is 4.98 Å². The van der Waals surface area contributed by atoms with Gasteiger partial charge in [-0.2, -0.15) is 0 Å². The Morgan fingerprint density at radius 2 is 1.84 bits per heavy atom. The standard InChI is InChI=1S/C20H17N3O2/c1-25-18-11-5-4-10-17(18)23-19(14-7-6-12-21-13-14)22-16-9-3-2-8-15(16)20(23)24/h2-13,19,22H,1H3/t19-/m1/s1. The number of carbonyl (C=O) groups is 1. The van der Waals surface area contributed by atoms with E-state index in [0.29, 0.717) is 17.0 Å². The minimum absolute atomic E-state index is 0.0762. The molecule has 5 heteroatoms. The van der Waals surface area contributed by atoms with Crippen LogP contribution in [0.5, 0.6) is 5.75 Å². The van der Waals surface area contributed by atoms with Crippen LogP contribution in [0.25, 0.3) is 0 Å². The summed E-state index contributed by atoms with van der Waals surface area (Å²) in [4.78, 5) is 19.2. The number of nitrogens with zero attached hydrogens (tertiary/aromatic N) is 2. The first-order chi connectivity index (χ1) is 12.3. The van der Waals surface area contributed by atoms with Gasteiger partial charge in [0.25, 0.3) is 5.91 Å². The van der Waals surface area contributed by atoms with Crippen LogP contribution < -0.4 is 15.0 Å². The number of fused-ring (bicyclic) bond motifs is 1. The molecule has 3 aromatic rings. The number of hydrogen-bond donors (Lipinski definition) is 1. The normalized spacial score (nSPS) is 16.1. The molecule has 0 unspecified atom stereocenters. The third kappa shape index (κ3) is 2.59. The average Bonchev–Trinajstić information content (AvgIpc) is 2.68. The fraction of sp³-hybridized carbons (Fsp3) is 0.100. The highest BCUT2D eigenvalue weighted by Gasteiger charge is 2.35. The predicted octanol–water partition coefficient (Wildman–Crippen LogP) is 3.86. The fourth-order valence-corrected chi connectivity index (χ4v) is 3.10. The van der Waals surface area contributed by atoms with Gasteiger partial charge in [0.2, 0.25) is 0 Å². The van der Waals surface area contributed by atoms with Gasteiger partial charge in [0.05, 0.1) is 18.4 Å². The van der Waals surface area contributed by atoms with Crippen LogP contribution in [0.4, 0.5) is 11.4 Å². The number of pyridine rings is 1. The van der Waals surface area contributed by atoms with Crippen LogP contribution in [0, 0.1) is 0 Å². The second-order valence-corrected chi connectivity index (χ2v) is 5.73. The average molecular weight is 331 g/mol. The van der Waals surface area contributed by atoms with Crippen molar-refractivity contribution < 1.29 is 9.53 Å². The summed E-state index contributed by atoms with van der Waals surface area (Å²) in [5.41, 5.74) is 3.06. The number of benzene rings is 2. The molecule has 25 heavy (non-hydrogen) atoms. The van der Waals surface area contributed by atoms with Gasteiger partial charge in [-0.15, -0.1) is 0 Å². The van der Waals surface area contributed by atoms with Crippen LogP contribution in [0.2, 0.25) is 0 Å². The van der Waals surface area contributed by atoms with Crippen molar-refractivity contribution in [3.8, 4) is 5.75 Å². The van der Waals surface area contributed by atoms with Crippen LogP contribution in [-0.4, -0.2) is 18.0 Å². The summed E-state index contributed by atoms with van der Waals surface area (Å²) in [5, 5.41) is 3.45. The van der Waals surface area contributed by atoms with Crippen LogP contribution in [0.3, 0.4) is 0 Å². The highest BCUT2D eigenvalue weighted by atomic mass is 16.5. The molecular formula is C20H17N3O2. The molecule has 0 saturated heterocycles. The number of aromatic nitrogens is 1. The lowest BCUT2D eigenvalue weighted by Gasteiger charge is -2.38. The van der Waals surface area contributed by atoms with Crippen molar-refractivity contribution in [3.05, 3.63) is 84.2 Å². The lowest BCUT2D eigenvalue weighted by Crippen LogP contribution is -2.43. The van der Waals surface area contributed by atoms with Crippen LogP contribution >= 0.6 is 0 Å². The molecule has 0 spiro atoms. The van der Waals surface area contributed by atoms with Gasteiger partial charge in [-0.3, -0.25) is 14.7 Å². The zero-order chi connectivity index (χ0) is 17.2. The molecule has 5 nitrogen and oxygen atoms in total. The number of carbonyl (C=O) groups excluding carboxylic acids is 1. The minimum atomic E-state index is -0.368. The highest BCUT2D eigenvalue weighted by molar-refractivity contribution is 6.12. The topological polar surface area (TPSA) is 54.5 Å². The molecule has 124 valence electrons. The number of amides is 1. The maximum Gasteiger partial charge on any atom is 0.262 e. The summed E-state index contributed by atoms with van der Waals surface area (Å²) in [6, 6.07) is 18.9. The molecule has 0 saturated carbocycles. The summed E-state index contributed by atoms with van der Waals surface area (Å²) in [7, 11) is 1.60. The van der Waals surface area contributed by atoms with Gasteiger partial charge in [-0.1, -0.05) is 30.3 Å². The number of nitrogens with one attached hydrogen (secondary N) is 1. The number of ether oxygens (including phenoxy) is 1. The molecule has 2 aromatic carbocycles. The molecule has 1 atom stereocenters. The lowest BCUT2D eigenvalue weighted by molar-refractivity contribution is 0.0974. The number of anilines is 2. The molecule has 0 bridgehead atoms. The number of methoxy groups -OCH3 is 1. The number of rotatable bonds is 3. The van der Waals surface area contributed by atoms with E-state index in [9.17, 15) is 4.79 Å². The van der Waals surface area contributed by atoms with E-state index in [1.807, 2.05) is 60.7 Å². The zero-order valence-corrected chi connectivity index (χ0v) is 13.7. The first-order valence-electron chi connectivity index (χ1n) is 8.01. The van der Waals surface area contributed by atoms with Gasteiger partial charge in [0.15, 0.2) is 0 Å². The zero-order valence-electron chi connectivity index (χ0n) is 13.7. The summed E-state index contributed by atoms with van der Waals surface area (Å²) >= 11 is 0. The van der Waals surface area contributed by atoms with E-state index in [1.54, 1.807) is 24.4 Å². The molecule has 4 rings (SSSR count). The van der Waals surface area contributed by atoms with Gasteiger partial charge in [-0.05, 0) is 30.3 Å². The molecule has 1 N–H and O–H groups in total. The quantitative estimate of drug-likeness (QED) is 0.792. The first-order valence-corrected chi connectivity index (χ1v) is 8.01. The third-order valence-electron chi connectivity index (χ3n) is 4.27. The SMILES string of the molecule is COc1ccccc1N1C(=O)c2ccccc2N[C@H]1c1cccnc1. The van der Waals surface area contributed by atoms with E-state index < -0.39 is 0 Å². The van der Waals surface area contributed by atoms with Crippen LogP contribution in [-0.2, 0) is 0 Å².